The summed E-state index contributed by atoms with van der Waals surface area (Å²) in [7, 11) is -2.03. The molecule has 6 nitrogen and oxygen atoms in total. The molecule has 0 aliphatic heterocycles. The quantitative estimate of drug-likeness (QED) is 0.710. The first-order valence-corrected chi connectivity index (χ1v) is 8.63. The van der Waals surface area contributed by atoms with Crippen molar-refractivity contribution in [3.63, 3.8) is 0 Å². The SMILES string of the molecule is COCCN(CC(=O)NCCc1ccccc1F)S(C)(=O)=O. The second kappa shape index (κ2) is 8.82. The highest BCUT2D eigenvalue weighted by Crippen LogP contribution is 2.06. The van der Waals surface area contributed by atoms with Crippen LogP contribution in [0.25, 0.3) is 0 Å². The van der Waals surface area contributed by atoms with Crippen molar-refractivity contribution in [2.45, 2.75) is 6.42 Å². The molecule has 0 aliphatic carbocycles. The molecule has 1 N–H and O–H groups in total. The average molecular weight is 332 g/mol. The Balaban J connectivity index is 2.45. The number of carbonyl (C=O) groups excluding carboxylic acids is 1. The predicted octanol–water partition coefficient (Wildman–Crippen LogP) is 0.392. The van der Waals surface area contributed by atoms with Crippen LogP contribution in [0.4, 0.5) is 4.39 Å². The molecule has 1 aromatic carbocycles. The Morgan fingerprint density at radius 3 is 2.64 bits per heavy atom. The molecule has 1 aromatic rings. The number of nitrogens with one attached hydrogen (secondary N) is 1. The van der Waals surface area contributed by atoms with Gasteiger partial charge in [0.1, 0.15) is 5.82 Å². The van der Waals surface area contributed by atoms with Crippen molar-refractivity contribution in [1.29, 1.82) is 0 Å². The van der Waals surface area contributed by atoms with Crippen LogP contribution in [0.15, 0.2) is 24.3 Å². The summed E-state index contributed by atoms with van der Waals surface area (Å²) < 4.78 is 42.4. The summed E-state index contributed by atoms with van der Waals surface area (Å²) in [6, 6.07) is 6.31. The van der Waals surface area contributed by atoms with Crippen LogP contribution in [0.1, 0.15) is 5.56 Å². The number of nitrogens with zero attached hydrogens (tertiary/aromatic N) is 1. The zero-order chi connectivity index (χ0) is 16.6. The Labute approximate surface area is 130 Å². The smallest absolute Gasteiger partial charge is 0.235 e. The number of carbonyl (C=O) groups is 1. The van der Waals surface area contributed by atoms with Crippen LogP contribution in [0, 0.1) is 5.82 Å². The Kier molecular flexibility index (Phi) is 7.43. The molecule has 8 heteroatoms. The van der Waals surface area contributed by atoms with Crippen molar-refractivity contribution in [3.8, 4) is 0 Å². The second-order valence-corrected chi connectivity index (χ2v) is 6.76. The molecule has 0 saturated carbocycles. The Morgan fingerprint density at radius 2 is 2.05 bits per heavy atom. The minimum absolute atomic E-state index is 0.107. The average Bonchev–Trinajstić information content (AvgIpc) is 2.44. The number of ether oxygens (including phenoxy) is 1. The molecule has 0 saturated heterocycles. The molecule has 0 aromatic heterocycles. The van der Waals surface area contributed by atoms with E-state index in [0.29, 0.717) is 12.0 Å². The van der Waals surface area contributed by atoms with E-state index in [-0.39, 0.29) is 32.1 Å². The van der Waals surface area contributed by atoms with Gasteiger partial charge in [0, 0.05) is 20.2 Å². The monoisotopic (exact) mass is 332 g/mol. The van der Waals surface area contributed by atoms with Crippen molar-refractivity contribution in [2.24, 2.45) is 0 Å². The molecule has 0 heterocycles. The van der Waals surface area contributed by atoms with Gasteiger partial charge >= 0.3 is 0 Å². The molecule has 0 unspecified atom stereocenters. The molecular formula is C14H21FN2O4S. The maximum atomic E-state index is 13.4. The van der Waals surface area contributed by atoms with Crippen LogP contribution in [-0.2, 0) is 26.0 Å². The molecular weight excluding hydrogens is 311 g/mol. The summed E-state index contributed by atoms with van der Waals surface area (Å²) >= 11 is 0. The zero-order valence-corrected chi connectivity index (χ0v) is 13.5. The van der Waals surface area contributed by atoms with E-state index in [0.717, 1.165) is 10.6 Å². The van der Waals surface area contributed by atoms with Crippen molar-refractivity contribution in [1.82, 2.24) is 9.62 Å². The molecule has 0 atom stereocenters. The molecule has 0 bridgehead atoms. The van der Waals surface area contributed by atoms with Gasteiger partial charge in [-0.05, 0) is 18.1 Å². The summed E-state index contributed by atoms with van der Waals surface area (Å²) in [4.78, 5) is 11.8. The Hall–Kier alpha value is -1.51. The number of hydrogen-bond acceptors (Lipinski definition) is 4. The van der Waals surface area contributed by atoms with E-state index < -0.39 is 15.9 Å². The van der Waals surface area contributed by atoms with Gasteiger partial charge in [-0.25, -0.2) is 12.8 Å². The van der Waals surface area contributed by atoms with Gasteiger partial charge in [-0.3, -0.25) is 4.79 Å². The minimum Gasteiger partial charge on any atom is -0.383 e. The molecule has 0 radical (unpaired) electrons. The number of hydrogen-bond donors (Lipinski definition) is 1. The molecule has 0 fully saturated rings. The second-order valence-electron chi connectivity index (χ2n) is 4.78. The third kappa shape index (κ3) is 6.50. The lowest BCUT2D eigenvalue weighted by Gasteiger charge is -2.18. The van der Waals surface area contributed by atoms with Crippen molar-refractivity contribution in [3.05, 3.63) is 35.6 Å². The zero-order valence-electron chi connectivity index (χ0n) is 12.7. The van der Waals surface area contributed by atoms with E-state index in [9.17, 15) is 17.6 Å². The van der Waals surface area contributed by atoms with E-state index in [2.05, 4.69) is 5.32 Å². The lowest BCUT2D eigenvalue weighted by molar-refractivity contribution is -0.121. The number of benzene rings is 1. The third-order valence-electron chi connectivity index (χ3n) is 3.01. The van der Waals surface area contributed by atoms with Gasteiger partial charge in [0.15, 0.2) is 0 Å². The number of methoxy groups -OCH3 is 1. The van der Waals surface area contributed by atoms with Crippen LogP contribution in [0.3, 0.4) is 0 Å². The normalized spacial score (nSPS) is 11.6. The summed E-state index contributed by atoms with van der Waals surface area (Å²) in [5.74, 6) is -0.757. The van der Waals surface area contributed by atoms with Crippen LogP contribution < -0.4 is 5.32 Å². The molecule has 0 aliphatic rings. The maximum absolute atomic E-state index is 13.4. The van der Waals surface area contributed by atoms with Crippen LogP contribution in [-0.4, -0.2) is 58.2 Å². The topological polar surface area (TPSA) is 75.7 Å². The third-order valence-corrected chi connectivity index (χ3v) is 4.26. The molecule has 22 heavy (non-hydrogen) atoms. The molecule has 0 spiro atoms. The van der Waals surface area contributed by atoms with Crippen LogP contribution >= 0.6 is 0 Å². The van der Waals surface area contributed by atoms with Crippen LogP contribution in [0.5, 0.6) is 0 Å². The number of amides is 1. The number of sulfonamides is 1. The lowest BCUT2D eigenvalue weighted by atomic mass is 10.1. The fourth-order valence-electron chi connectivity index (χ4n) is 1.81. The van der Waals surface area contributed by atoms with E-state index in [1.807, 2.05) is 0 Å². The standard InChI is InChI=1S/C14H21FN2O4S/c1-21-10-9-17(22(2,19)20)11-14(18)16-8-7-12-5-3-4-6-13(12)15/h3-6H,7-11H2,1-2H3,(H,16,18). The van der Waals surface area contributed by atoms with Gasteiger partial charge in [-0.1, -0.05) is 18.2 Å². The van der Waals surface area contributed by atoms with Crippen molar-refractivity contribution < 1.29 is 22.3 Å². The fraction of sp³-hybridized carbons (Fsp3) is 0.500. The summed E-state index contributed by atoms with van der Waals surface area (Å²) in [5.41, 5.74) is 0.502. The Morgan fingerprint density at radius 1 is 1.36 bits per heavy atom. The van der Waals surface area contributed by atoms with Crippen LogP contribution in [0.2, 0.25) is 0 Å². The predicted molar refractivity (Wildman–Crippen MR) is 81.4 cm³/mol. The summed E-state index contributed by atoms with van der Waals surface area (Å²) in [5, 5.41) is 2.58. The number of rotatable bonds is 9. The highest BCUT2D eigenvalue weighted by Gasteiger charge is 2.19. The Bertz CT molecular complexity index is 592. The lowest BCUT2D eigenvalue weighted by Crippen LogP contribution is -2.42. The first kappa shape index (κ1) is 18.5. The van der Waals surface area contributed by atoms with Gasteiger partial charge in [0.05, 0.1) is 19.4 Å². The largest absolute Gasteiger partial charge is 0.383 e. The van der Waals surface area contributed by atoms with E-state index in [4.69, 9.17) is 4.74 Å². The van der Waals surface area contributed by atoms with Crippen molar-refractivity contribution >= 4 is 15.9 Å². The van der Waals surface area contributed by atoms with Gasteiger partial charge in [-0.2, -0.15) is 4.31 Å². The van der Waals surface area contributed by atoms with E-state index in [1.54, 1.807) is 18.2 Å². The molecule has 124 valence electrons. The minimum atomic E-state index is -3.48. The highest BCUT2D eigenvalue weighted by atomic mass is 32.2. The number of halogens is 1. The maximum Gasteiger partial charge on any atom is 0.235 e. The fourth-order valence-corrected chi connectivity index (χ4v) is 2.57. The van der Waals surface area contributed by atoms with E-state index in [1.165, 1.54) is 13.2 Å². The first-order valence-electron chi connectivity index (χ1n) is 6.78. The van der Waals surface area contributed by atoms with Gasteiger partial charge in [-0.15, -0.1) is 0 Å². The molecule has 1 rings (SSSR count). The highest BCUT2D eigenvalue weighted by molar-refractivity contribution is 7.88. The summed E-state index contributed by atoms with van der Waals surface area (Å²) in [6.07, 6.45) is 1.38. The van der Waals surface area contributed by atoms with Gasteiger partial charge in [0.25, 0.3) is 0 Å². The van der Waals surface area contributed by atoms with Crippen molar-refractivity contribution in [2.75, 3.05) is 39.6 Å². The van der Waals surface area contributed by atoms with Gasteiger partial charge < -0.3 is 10.1 Å². The van der Waals surface area contributed by atoms with Gasteiger partial charge in [0.2, 0.25) is 15.9 Å². The molecule has 1 amide bonds. The first-order chi connectivity index (χ1) is 10.3. The van der Waals surface area contributed by atoms with E-state index >= 15 is 0 Å². The summed E-state index contributed by atoms with van der Waals surface area (Å²) in [6.45, 7) is 0.271.